The van der Waals surface area contributed by atoms with Crippen LogP contribution in [0.15, 0.2) is 18.2 Å². The average Bonchev–Trinajstić information content (AvgIpc) is 2.80. The highest BCUT2D eigenvalue weighted by molar-refractivity contribution is 7.91. The van der Waals surface area contributed by atoms with Gasteiger partial charge in [-0.15, -0.1) is 0 Å². The van der Waals surface area contributed by atoms with Crippen LogP contribution in [0.1, 0.15) is 32.8 Å². The molecule has 0 saturated carbocycles. The minimum absolute atomic E-state index is 0.0412. The first-order valence-corrected chi connectivity index (χ1v) is 10.5. The number of benzene rings is 1. The predicted molar refractivity (Wildman–Crippen MR) is 103 cm³/mol. The summed E-state index contributed by atoms with van der Waals surface area (Å²) in [5.41, 5.74) is -0.0628. The lowest BCUT2D eigenvalue weighted by Gasteiger charge is -2.22. The number of hydrogen-bond donors (Lipinski definition) is 1. The fraction of sp³-hybridized carbons (Fsp3) is 0.500. The molecule has 8 heteroatoms. The molecule has 1 unspecified atom stereocenters. The van der Waals surface area contributed by atoms with Crippen LogP contribution in [0.25, 0.3) is 6.08 Å². The van der Waals surface area contributed by atoms with Crippen molar-refractivity contribution in [1.29, 1.82) is 0 Å². The number of rotatable bonds is 6. The van der Waals surface area contributed by atoms with E-state index >= 15 is 0 Å². The van der Waals surface area contributed by atoms with Crippen molar-refractivity contribution < 1.29 is 22.7 Å². The van der Waals surface area contributed by atoms with Gasteiger partial charge in [0.25, 0.3) is 0 Å². The summed E-state index contributed by atoms with van der Waals surface area (Å²) in [7, 11) is -1.57. The summed E-state index contributed by atoms with van der Waals surface area (Å²) in [4.78, 5) is 12.2. The number of carbonyl (C=O) groups excluding carboxylic acids is 1. The third kappa shape index (κ3) is 5.38. The van der Waals surface area contributed by atoms with Crippen LogP contribution in [0.3, 0.4) is 0 Å². The van der Waals surface area contributed by atoms with Crippen molar-refractivity contribution in [2.75, 3.05) is 18.6 Å². The van der Waals surface area contributed by atoms with Crippen molar-refractivity contribution in [1.82, 2.24) is 5.32 Å². The molecule has 2 rings (SSSR count). The monoisotopic (exact) mass is 401 g/mol. The molecule has 1 heterocycles. The molecule has 144 valence electrons. The molecular formula is C18H24ClNO5S. The fourth-order valence-corrected chi connectivity index (χ4v) is 5.16. The van der Waals surface area contributed by atoms with Crippen molar-refractivity contribution in [3.8, 4) is 11.5 Å². The topological polar surface area (TPSA) is 81.7 Å². The van der Waals surface area contributed by atoms with Crippen LogP contribution < -0.4 is 14.8 Å². The maximum absolute atomic E-state index is 12.2. The number of carbonyl (C=O) groups is 1. The molecule has 1 aliphatic rings. The maximum Gasteiger partial charge on any atom is 0.244 e. The molecular weight excluding hydrogens is 378 g/mol. The van der Waals surface area contributed by atoms with Gasteiger partial charge in [-0.2, -0.15) is 0 Å². The number of halogens is 1. The second-order valence-electron chi connectivity index (χ2n) is 6.93. The summed E-state index contributed by atoms with van der Waals surface area (Å²) in [6, 6.07) is 3.39. The molecule has 1 N–H and O–H groups in total. The first-order chi connectivity index (χ1) is 12.0. The molecule has 1 fully saturated rings. The van der Waals surface area contributed by atoms with Gasteiger partial charge >= 0.3 is 0 Å². The van der Waals surface area contributed by atoms with Gasteiger partial charge in [0.2, 0.25) is 5.91 Å². The van der Waals surface area contributed by atoms with E-state index in [2.05, 4.69) is 5.32 Å². The van der Waals surface area contributed by atoms with Crippen LogP contribution in [0, 0.1) is 0 Å². The molecule has 1 amide bonds. The molecule has 1 aromatic rings. The smallest absolute Gasteiger partial charge is 0.244 e. The van der Waals surface area contributed by atoms with Crippen LogP contribution in [0.2, 0.25) is 5.02 Å². The van der Waals surface area contributed by atoms with Crippen LogP contribution in [0.4, 0.5) is 0 Å². The third-order valence-corrected chi connectivity index (χ3v) is 6.14. The summed E-state index contributed by atoms with van der Waals surface area (Å²) >= 11 is 6.26. The van der Waals surface area contributed by atoms with Crippen LogP contribution >= 0.6 is 11.6 Å². The number of methoxy groups -OCH3 is 1. The second kappa shape index (κ2) is 7.88. The van der Waals surface area contributed by atoms with Crippen LogP contribution in [0.5, 0.6) is 11.5 Å². The Morgan fingerprint density at radius 3 is 2.62 bits per heavy atom. The van der Waals surface area contributed by atoms with Crippen molar-refractivity contribution in [2.24, 2.45) is 0 Å². The van der Waals surface area contributed by atoms with Gasteiger partial charge in [-0.1, -0.05) is 11.6 Å². The summed E-state index contributed by atoms with van der Waals surface area (Å²) in [5, 5.41) is 3.15. The Balaban J connectivity index is 2.12. The predicted octanol–water partition coefficient (Wildman–Crippen LogP) is 2.84. The summed E-state index contributed by atoms with van der Waals surface area (Å²) < 4.78 is 34.2. The number of ether oxygens (including phenoxy) is 2. The van der Waals surface area contributed by atoms with E-state index in [1.807, 2.05) is 13.8 Å². The van der Waals surface area contributed by atoms with Crippen LogP contribution in [-0.2, 0) is 14.6 Å². The molecule has 0 radical (unpaired) electrons. The number of amides is 1. The summed E-state index contributed by atoms with van der Waals surface area (Å²) in [5.74, 6) is 0.620. The first-order valence-electron chi connectivity index (χ1n) is 8.28. The van der Waals surface area contributed by atoms with E-state index in [1.165, 1.54) is 13.2 Å². The average molecular weight is 402 g/mol. The van der Waals surface area contributed by atoms with Gasteiger partial charge in [0.1, 0.15) is 0 Å². The van der Waals surface area contributed by atoms with Crippen molar-refractivity contribution >= 4 is 33.4 Å². The Kier molecular flexibility index (Phi) is 6.24. The Bertz CT molecular complexity index is 819. The molecule has 1 saturated heterocycles. The van der Waals surface area contributed by atoms with E-state index < -0.39 is 15.4 Å². The van der Waals surface area contributed by atoms with E-state index in [4.69, 9.17) is 21.1 Å². The van der Waals surface area contributed by atoms with E-state index in [9.17, 15) is 13.2 Å². The van der Waals surface area contributed by atoms with Gasteiger partial charge in [-0.05, 0) is 51.0 Å². The minimum Gasteiger partial charge on any atom is -0.493 e. The molecule has 1 aromatic carbocycles. The lowest BCUT2D eigenvalue weighted by molar-refractivity contribution is -0.117. The molecule has 6 nitrogen and oxygen atoms in total. The third-order valence-electron chi connectivity index (χ3n) is 3.96. The van der Waals surface area contributed by atoms with Crippen molar-refractivity contribution in [2.45, 2.75) is 38.8 Å². The largest absolute Gasteiger partial charge is 0.493 e. The Morgan fingerprint density at radius 2 is 2.08 bits per heavy atom. The van der Waals surface area contributed by atoms with E-state index in [0.717, 1.165) is 0 Å². The van der Waals surface area contributed by atoms with Gasteiger partial charge in [0, 0.05) is 6.08 Å². The molecule has 0 aliphatic carbocycles. The highest BCUT2D eigenvalue weighted by Gasteiger charge is 2.39. The fourth-order valence-electron chi connectivity index (χ4n) is 2.81. The molecule has 1 aliphatic heterocycles. The highest BCUT2D eigenvalue weighted by atomic mass is 35.5. The number of sulfone groups is 1. The van der Waals surface area contributed by atoms with Gasteiger partial charge in [-0.25, -0.2) is 8.42 Å². The second-order valence-corrected chi connectivity index (χ2v) is 9.52. The highest BCUT2D eigenvalue weighted by Crippen LogP contribution is 2.37. The molecule has 0 spiro atoms. The SMILES string of the molecule is COc1cc(/C=C/C(=O)NC2(C)CCS(=O)(=O)C2)cc(Cl)c1OC(C)C. The first kappa shape index (κ1) is 20.6. The maximum atomic E-state index is 12.2. The van der Waals surface area contributed by atoms with Crippen LogP contribution in [-0.4, -0.2) is 44.6 Å². The van der Waals surface area contributed by atoms with Gasteiger partial charge in [-0.3, -0.25) is 4.79 Å². The lowest BCUT2D eigenvalue weighted by atomic mass is 10.0. The standard InChI is InChI=1S/C18H24ClNO5S/c1-12(2)25-17-14(19)9-13(10-15(17)24-4)5-6-16(21)20-18(3)7-8-26(22,23)11-18/h5-6,9-10,12H,7-8,11H2,1-4H3,(H,20,21)/b6-5+. The molecule has 0 aromatic heterocycles. The van der Waals surface area contributed by atoms with E-state index in [0.29, 0.717) is 28.5 Å². The normalized spacial score (nSPS) is 21.9. The van der Waals surface area contributed by atoms with Gasteiger partial charge in [0.05, 0.1) is 35.3 Å². The van der Waals surface area contributed by atoms with Crippen molar-refractivity contribution in [3.63, 3.8) is 0 Å². The minimum atomic E-state index is -3.08. The van der Waals surface area contributed by atoms with E-state index in [-0.39, 0.29) is 23.5 Å². The zero-order chi connectivity index (χ0) is 19.5. The summed E-state index contributed by atoms with van der Waals surface area (Å²) in [6.45, 7) is 5.51. The van der Waals surface area contributed by atoms with Crippen molar-refractivity contribution in [3.05, 3.63) is 28.8 Å². The summed E-state index contributed by atoms with van der Waals surface area (Å²) in [6.07, 6.45) is 3.30. The van der Waals surface area contributed by atoms with Gasteiger partial charge in [0.15, 0.2) is 21.3 Å². The number of nitrogens with one attached hydrogen (secondary N) is 1. The Morgan fingerprint density at radius 1 is 1.38 bits per heavy atom. The number of hydrogen-bond acceptors (Lipinski definition) is 5. The zero-order valence-electron chi connectivity index (χ0n) is 15.3. The molecule has 0 bridgehead atoms. The molecule has 1 atom stereocenters. The lowest BCUT2D eigenvalue weighted by Crippen LogP contribution is -2.46. The molecule has 26 heavy (non-hydrogen) atoms. The zero-order valence-corrected chi connectivity index (χ0v) is 16.9. The quantitative estimate of drug-likeness (QED) is 0.741. The van der Waals surface area contributed by atoms with E-state index in [1.54, 1.807) is 25.1 Å². The Labute approximate surface area is 159 Å². The Hall–Kier alpha value is -1.73. The van der Waals surface area contributed by atoms with Gasteiger partial charge < -0.3 is 14.8 Å².